The summed E-state index contributed by atoms with van der Waals surface area (Å²) in [7, 11) is 3.56. The summed E-state index contributed by atoms with van der Waals surface area (Å²) in [4.78, 5) is 34.1. The summed E-state index contributed by atoms with van der Waals surface area (Å²) in [5.41, 5.74) is 3.16. The van der Waals surface area contributed by atoms with Gasteiger partial charge in [-0.3, -0.25) is 19.2 Å². The molecule has 2 aromatic heterocycles. The van der Waals surface area contributed by atoms with Gasteiger partial charge in [-0.1, -0.05) is 0 Å². The average molecular weight is 389 g/mol. The van der Waals surface area contributed by atoms with Crippen LogP contribution in [0.25, 0.3) is 11.3 Å². The highest BCUT2D eigenvalue weighted by Crippen LogP contribution is 2.39. The lowest BCUT2D eigenvalue weighted by Gasteiger charge is -2.23. The molecular weight excluding hydrogens is 366 g/mol. The van der Waals surface area contributed by atoms with Gasteiger partial charge in [0.15, 0.2) is 5.13 Å². The van der Waals surface area contributed by atoms with E-state index in [9.17, 15) is 9.59 Å². The Bertz CT molecular complexity index is 874. The lowest BCUT2D eigenvalue weighted by atomic mass is 10.0. The van der Waals surface area contributed by atoms with Gasteiger partial charge in [-0.15, -0.1) is 11.3 Å². The number of likely N-dealkylation sites (tertiary alicyclic amines) is 1. The van der Waals surface area contributed by atoms with Crippen molar-refractivity contribution in [3.63, 3.8) is 0 Å². The molecule has 2 aliphatic rings. The van der Waals surface area contributed by atoms with Gasteiger partial charge < -0.3 is 9.64 Å². The molecule has 3 heterocycles. The maximum absolute atomic E-state index is 12.9. The van der Waals surface area contributed by atoms with E-state index in [1.165, 1.54) is 10.6 Å². The quantitative estimate of drug-likeness (QED) is 0.743. The van der Waals surface area contributed by atoms with E-state index in [1.54, 1.807) is 28.2 Å². The summed E-state index contributed by atoms with van der Waals surface area (Å²) >= 11 is 1.55. The molecule has 1 aliphatic heterocycles. The number of methoxy groups -OCH3 is 1. The molecule has 0 bridgehead atoms. The predicted octanol–water partition coefficient (Wildman–Crippen LogP) is 1.24. The van der Waals surface area contributed by atoms with Crippen molar-refractivity contribution in [3.05, 3.63) is 16.8 Å². The maximum atomic E-state index is 12.9. The highest BCUT2D eigenvalue weighted by Gasteiger charge is 2.29. The molecule has 8 nitrogen and oxygen atoms in total. The van der Waals surface area contributed by atoms with Gasteiger partial charge in [-0.25, -0.2) is 4.98 Å². The predicted molar refractivity (Wildman–Crippen MR) is 102 cm³/mol. The number of fused-ring (bicyclic) bond motifs is 3. The molecule has 0 aromatic carbocycles. The molecule has 0 N–H and O–H groups in total. The number of carbonyl (C=O) groups excluding carboxylic acids is 2. The van der Waals surface area contributed by atoms with Crippen molar-refractivity contribution >= 4 is 28.3 Å². The minimum Gasteiger partial charge on any atom is -0.383 e. The van der Waals surface area contributed by atoms with Gasteiger partial charge >= 0.3 is 0 Å². The van der Waals surface area contributed by atoms with Crippen LogP contribution in [0.3, 0.4) is 0 Å². The molecule has 0 atom stereocenters. The summed E-state index contributed by atoms with van der Waals surface area (Å²) in [5.74, 6) is -0.0618. The van der Waals surface area contributed by atoms with Crippen LogP contribution in [0, 0.1) is 0 Å². The lowest BCUT2D eigenvalue weighted by Crippen LogP contribution is -2.42. The Hall–Kier alpha value is -2.26. The Morgan fingerprint density at radius 1 is 1.37 bits per heavy atom. The third-order valence-electron chi connectivity index (χ3n) is 5.14. The number of aryl methyl sites for hydroxylation is 2. The fraction of sp³-hybridized carbons (Fsp3) is 0.556. The van der Waals surface area contributed by atoms with Crippen molar-refractivity contribution in [2.75, 3.05) is 38.3 Å². The highest BCUT2D eigenvalue weighted by atomic mass is 32.1. The topological polar surface area (TPSA) is 80.6 Å². The summed E-state index contributed by atoms with van der Waals surface area (Å²) < 4.78 is 7.08. The minimum absolute atomic E-state index is 0.0495. The minimum atomic E-state index is -0.111. The van der Waals surface area contributed by atoms with Gasteiger partial charge in [0.1, 0.15) is 6.54 Å². The Kier molecular flexibility index (Phi) is 4.96. The molecule has 1 aliphatic carbocycles. The van der Waals surface area contributed by atoms with E-state index in [0.717, 1.165) is 30.5 Å². The number of amides is 2. The largest absolute Gasteiger partial charge is 0.383 e. The number of hydrogen-bond acceptors (Lipinski definition) is 6. The van der Waals surface area contributed by atoms with Crippen LogP contribution in [0.1, 0.15) is 23.4 Å². The Labute approximate surface area is 161 Å². The summed E-state index contributed by atoms with van der Waals surface area (Å²) in [6, 6.07) is 0. The summed E-state index contributed by atoms with van der Waals surface area (Å²) in [6.07, 6.45) is 5.02. The number of carbonyl (C=O) groups is 2. The number of anilines is 1. The van der Waals surface area contributed by atoms with Crippen LogP contribution in [0.4, 0.5) is 5.13 Å². The van der Waals surface area contributed by atoms with Gasteiger partial charge in [-0.2, -0.15) is 5.10 Å². The van der Waals surface area contributed by atoms with Crippen LogP contribution in [0.2, 0.25) is 0 Å². The summed E-state index contributed by atoms with van der Waals surface area (Å²) in [5, 5.41) is 5.02. The molecule has 0 unspecified atom stereocenters. The fourth-order valence-electron chi connectivity index (χ4n) is 3.65. The number of ether oxygens (including phenoxy) is 1. The second-order valence-electron chi connectivity index (χ2n) is 6.85. The monoisotopic (exact) mass is 389 g/mol. The standard InChI is InChI=1S/C18H23N5O3S/c1-21-13-5-6-14-17(12(13)10-19-21)20-18(27-14)23(8-9-26-2)16(25)11-22-7-3-4-15(22)24/h10H,3-9,11H2,1-2H3. The van der Waals surface area contributed by atoms with Gasteiger partial charge in [0, 0.05) is 43.3 Å². The van der Waals surface area contributed by atoms with Gasteiger partial charge in [-0.05, 0) is 19.3 Å². The molecule has 27 heavy (non-hydrogen) atoms. The first-order valence-corrected chi connectivity index (χ1v) is 9.98. The number of hydrogen-bond donors (Lipinski definition) is 0. The number of rotatable bonds is 6. The number of aromatic nitrogens is 3. The summed E-state index contributed by atoms with van der Waals surface area (Å²) in [6.45, 7) is 1.59. The molecule has 2 aromatic rings. The van der Waals surface area contributed by atoms with Crippen LogP contribution in [0.5, 0.6) is 0 Å². The van der Waals surface area contributed by atoms with Crippen molar-refractivity contribution in [2.45, 2.75) is 25.7 Å². The van der Waals surface area contributed by atoms with Crippen LogP contribution >= 0.6 is 11.3 Å². The Balaban J connectivity index is 1.60. The Morgan fingerprint density at radius 2 is 2.22 bits per heavy atom. The van der Waals surface area contributed by atoms with E-state index < -0.39 is 0 Å². The first-order chi connectivity index (χ1) is 13.1. The lowest BCUT2D eigenvalue weighted by molar-refractivity contribution is -0.132. The van der Waals surface area contributed by atoms with E-state index in [4.69, 9.17) is 9.72 Å². The van der Waals surface area contributed by atoms with Gasteiger partial charge in [0.2, 0.25) is 11.8 Å². The van der Waals surface area contributed by atoms with Crippen molar-refractivity contribution in [3.8, 4) is 11.3 Å². The van der Waals surface area contributed by atoms with Crippen LogP contribution in [-0.2, 0) is 34.2 Å². The van der Waals surface area contributed by atoms with E-state index in [2.05, 4.69) is 5.10 Å². The first-order valence-electron chi connectivity index (χ1n) is 9.16. The molecule has 0 spiro atoms. The molecular formula is C18H23N5O3S. The Morgan fingerprint density at radius 3 is 2.96 bits per heavy atom. The third kappa shape index (κ3) is 3.37. The van der Waals surface area contributed by atoms with Crippen LogP contribution < -0.4 is 4.90 Å². The van der Waals surface area contributed by atoms with E-state index in [-0.39, 0.29) is 18.4 Å². The molecule has 1 fully saturated rings. The highest BCUT2D eigenvalue weighted by molar-refractivity contribution is 7.16. The molecule has 9 heteroatoms. The van der Waals surface area contributed by atoms with Crippen LogP contribution in [-0.4, -0.2) is 64.8 Å². The van der Waals surface area contributed by atoms with Crippen molar-refractivity contribution in [2.24, 2.45) is 7.05 Å². The molecule has 0 saturated carbocycles. The fourth-order valence-corrected chi connectivity index (χ4v) is 4.77. The SMILES string of the molecule is COCCN(C(=O)CN1CCCC1=O)c1nc2c(s1)CCc1c-2cnn1C. The van der Waals surface area contributed by atoms with Crippen molar-refractivity contribution in [1.29, 1.82) is 0 Å². The van der Waals surface area contributed by atoms with E-state index in [0.29, 0.717) is 31.2 Å². The zero-order chi connectivity index (χ0) is 19.0. The smallest absolute Gasteiger partial charge is 0.248 e. The molecule has 0 radical (unpaired) electrons. The van der Waals surface area contributed by atoms with Crippen LogP contribution in [0.15, 0.2) is 6.20 Å². The second-order valence-corrected chi connectivity index (χ2v) is 7.92. The number of nitrogens with zero attached hydrogens (tertiary/aromatic N) is 5. The second kappa shape index (κ2) is 7.40. The van der Waals surface area contributed by atoms with Gasteiger partial charge in [0.05, 0.1) is 25.0 Å². The van der Waals surface area contributed by atoms with E-state index >= 15 is 0 Å². The average Bonchev–Trinajstić information content (AvgIpc) is 3.35. The molecule has 1 saturated heterocycles. The maximum Gasteiger partial charge on any atom is 0.248 e. The first kappa shape index (κ1) is 18.1. The molecule has 4 rings (SSSR count). The zero-order valence-electron chi connectivity index (χ0n) is 15.6. The van der Waals surface area contributed by atoms with Crippen molar-refractivity contribution < 1.29 is 14.3 Å². The zero-order valence-corrected chi connectivity index (χ0v) is 16.4. The number of thiazole rings is 1. The van der Waals surface area contributed by atoms with Gasteiger partial charge in [0.25, 0.3) is 0 Å². The normalized spacial score (nSPS) is 15.8. The molecule has 144 valence electrons. The van der Waals surface area contributed by atoms with E-state index in [1.807, 2.05) is 17.9 Å². The molecule has 2 amide bonds. The van der Waals surface area contributed by atoms with Crippen molar-refractivity contribution in [1.82, 2.24) is 19.7 Å². The third-order valence-corrected chi connectivity index (χ3v) is 6.28.